The van der Waals surface area contributed by atoms with Crippen LogP contribution in [0.5, 0.6) is 0 Å². The van der Waals surface area contributed by atoms with Gasteiger partial charge in [-0.2, -0.15) is 4.31 Å². The minimum Gasteiger partial charge on any atom is -0.441 e. The topological polar surface area (TPSA) is 92.5 Å². The van der Waals surface area contributed by atoms with E-state index in [9.17, 15) is 13.2 Å². The summed E-state index contributed by atoms with van der Waals surface area (Å²) in [5.41, 5.74) is 4.45. The van der Waals surface area contributed by atoms with E-state index >= 15 is 0 Å². The Kier molecular flexibility index (Phi) is 5.06. The van der Waals surface area contributed by atoms with Crippen molar-refractivity contribution < 1.29 is 17.6 Å². The summed E-state index contributed by atoms with van der Waals surface area (Å²) < 4.78 is 33.2. The van der Waals surface area contributed by atoms with E-state index in [1.54, 1.807) is 31.2 Å². The molecule has 2 aromatic carbocycles. The predicted molar refractivity (Wildman–Crippen MR) is 117 cm³/mol. The quantitative estimate of drug-likeness (QED) is 0.670. The summed E-state index contributed by atoms with van der Waals surface area (Å²) in [5, 5.41) is 2.94. The molecule has 3 aromatic rings. The van der Waals surface area contributed by atoms with Crippen molar-refractivity contribution in [2.75, 3.05) is 18.4 Å². The maximum Gasteiger partial charge on any atom is 0.243 e. The molecule has 0 spiro atoms. The van der Waals surface area contributed by atoms with Gasteiger partial charge in [0.15, 0.2) is 11.5 Å². The molecule has 162 valence electrons. The number of benzene rings is 2. The number of carbonyl (C=O) groups excluding carboxylic acids is 1. The second kappa shape index (κ2) is 7.76. The fourth-order valence-corrected chi connectivity index (χ4v) is 6.10. The lowest BCUT2D eigenvalue weighted by atomic mass is 9.97. The van der Waals surface area contributed by atoms with Gasteiger partial charge >= 0.3 is 0 Å². The van der Waals surface area contributed by atoms with E-state index in [4.69, 9.17) is 4.42 Å². The van der Waals surface area contributed by atoms with Crippen molar-refractivity contribution >= 4 is 32.7 Å². The molecule has 0 radical (unpaired) electrons. The van der Waals surface area contributed by atoms with E-state index in [1.165, 1.54) is 9.87 Å². The Labute approximate surface area is 181 Å². The molecule has 31 heavy (non-hydrogen) atoms. The van der Waals surface area contributed by atoms with Gasteiger partial charge in [0, 0.05) is 31.6 Å². The SMILES string of the molecule is Cc1nc2cc(NC(=O)C3CCN(S(=O)(=O)c4ccc5c(c4)CCC5)CC3)ccc2o1. The molecule has 7 nitrogen and oxygen atoms in total. The van der Waals surface area contributed by atoms with Crippen LogP contribution in [0.4, 0.5) is 5.69 Å². The zero-order valence-electron chi connectivity index (χ0n) is 17.4. The molecule has 5 rings (SSSR count). The second-order valence-electron chi connectivity index (χ2n) is 8.37. The van der Waals surface area contributed by atoms with E-state index in [2.05, 4.69) is 10.3 Å². The zero-order chi connectivity index (χ0) is 21.6. The van der Waals surface area contributed by atoms with Crippen LogP contribution in [-0.4, -0.2) is 36.7 Å². The van der Waals surface area contributed by atoms with Crippen molar-refractivity contribution in [3.8, 4) is 0 Å². The van der Waals surface area contributed by atoms with E-state index < -0.39 is 10.0 Å². The Morgan fingerprint density at radius 2 is 1.87 bits per heavy atom. The van der Waals surface area contributed by atoms with Gasteiger partial charge in [0.2, 0.25) is 15.9 Å². The van der Waals surface area contributed by atoms with Gasteiger partial charge in [0.1, 0.15) is 5.52 Å². The van der Waals surface area contributed by atoms with E-state index in [-0.39, 0.29) is 11.8 Å². The maximum atomic E-state index is 13.1. The van der Waals surface area contributed by atoms with Crippen molar-refractivity contribution in [2.45, 2.75) is 43.9 Å². The third-order valence-electron chi connectivity index (χ3n) is 6.29. The van der Waals surface area contributed by atoms with Gasteiger partial charge in [-0.05, 0) is 73.6 Å². The second-order valence-corrected chi connectivity index (χ2v) is 10.3. The Morgan fingerprint density at radius 1 is 1.10 bits per heavy atom. The molecular weight excluding hydrogens is 414 g/mol. The minimum atomic E-state index is -3.53. The lowest BCUT2D eigenvalue weighted by Crippen LogP contribution is -2.41. The van der Waals surface area contributed by atoms with Crippen LogP contribution in [0.1, 0.15) is 36.3 Å². The number of hydrogen-bond donors (Lipinski definition) is 1. The first-order valence-corrected chi connectivity index (χ1v) is 12.1. The molecule has 0 saturated carbocycles. The van der Waals surface area contributed by atoms with Crippen LogP contribution in [0, 0.1) is 12.8 Å². The number of oxazole rings is 1. The highest BCUT2D eigenvalue weighted by Crippen LogP contribution is 2.29. The molecule has 1 saturated heterocycles. The molecule has 1 aromatic heterocycles. The van der Waals surface area contributed by atoms with Gasteiger partial charge in [0.25, 0.3) is 0 Å². The number of piperidine rings is 1. The summed E-state index contributed by atoms with van der Waals surface area (Å²) in [4.78, 5) is 17.4. The number of hydrogen-bond acceptors (Lipinski definition) is 5. The summed E-state index contributed by atoms with van der Waals surface area (Å²) in [7, 11) is -3.53. The first-order chi connectivity index (χ1) is 14.9. The van der Waals surface area contributed by atoms with Crippen LogP contribution in [0.25, 0.3) is 11.1 Å². The maximum absolute atomic E-state index is 13.1. The molecule has 1 amide bonds. The third-order valence-corrected chi connectivity index (χ3v) is 8.19. The van der Waals surface area contributed by atoms with E-state index in [0.29, 0.717) is 53.5 Å². The molecule has 1 fully saturated rings. The van der Waals surface area contributed by atoms with Crippen LogP contribution >= 0.6 is 0 Å². The number of rotatable bonds is 4. The Balaban J connectivity index is 1.23. The first-order valence-electron chi connectivity index (χ1n) is 10.7. The Hall–Kier alpha value is -2.71. The number of nitrogens with one attached hydrogen (secondary N) is 1. The highest BCUT2D eigenvalue weighted by molar-refractivity contribution is 7.89. The number of aromatic nitrogens is 1. The summed E-state index contributed by atoms with van der Waals surface area (Å²) in [6.07, 6.45) is 4.06. The highest BCUT2D eigenvalue weighted by atomic mass is 32.2. The fraction of sp³-hybridized carbons (Fsp3) is 0.391. The average molecular weight is 440 g/mol. The van der Waals surface area contributed by atoms with Crippen molar-refractivity contribution in [2.24, 2.45) is 5.92 Å². The predicted octanol–water partition coefficient (Wildman–Crippen LogP) is 3.66. The van der Waals surface area contributed by atoms with Crippen LogP contribution in [0.3, 0.4) is 0 Å². The third kappa shape index (κ3) is 3.85. The molecule has 8 heteroatoms. The average Bonchev–Trinajstić information content (AvgIpc) is 3.38. The Morgan fingerprint density at radius 3 is 2.68 bits per heavy atom. The number of amides is 1. The van der Waals surface area contributed by atoms with Crippen molar-refractivity contribution in [3.63, 3.8) is 0 Å². The number of sulfonamides is 1. The largest absolute Gasteiger partial charge is 0.441 e. The summed E-state index contributed by atoms with van der Waals surface area (Å²) in [6, 6.07) is 10.9. The standard InChI is InChI=1S/C23H25N3O4S/c1-15-24-21-14-19(6-8-22(21)30-15)25-23(27)17-9-11-26(12-10-17)31(28,29)20-7-5-16-3-2-4-18(16)13-20/h5-8,13-14,17H,2-4,9-12H2,1H3,(H,25,27). The van der Waals surface area contributed by atoms with Crippen molar-refractivity contribution in [3.05, 3.63) is 53.4 Å². The molecule has 1 N–H and O–H groups in total. The molecule has 1 aliphatic carbocycles. The normalized spacial score (nSPS) is 17.7. The zero-order valence-corrected chi connectivity index (χ0v) is 18.2. The minimum absolute atomic E-state index is 0.0888. The van der Waals surface area contributed by atoms with Crippen molar-refractivity contribution in [1.29, 1.82) is 0 Å². The number of fused-ring (bicyclic) bond motifs is 2. The lowest BCUT2D eigenvalue weighted by Gasteiger charge is -2.30. The van der Waals surface area contributed by atoms with Crippen molar-refractivity contribution in [1.82, 2.24) is 9.29 Å². The van der Waals surface area contributed by atoms with Gasteiger partial charge in [0.05, 0.1) is 4.90 Å². The summed E-state index contributed by atoms with van der Waals surface area (Å²) in [6.45, 7) is 2.47. The number of carbonyl (C=O) groups is 1. The van der Waals surface area contributed by atoms with Crippen LogP contribution in [0.2, 0.25) is 0 Å². The van der Waals surface area contributed by atoms with Gasteiger partial charge in [-0.3, -0.25) is 4.79 Å². The van der Waals surface area contributed by atoms with Crippen LogP contribution < -0.4 is 5.32 Å². The van der Waals surface area contributed by atoms with Gasteiger partial charge in [-0.1, -0.05) is 6.07 Å². The molecular formula is C23H25N3O4S. The molecule has 2 aliphatic rings. The molecule has 1 aliphatic heterocycles. The first kappa shape index (κ1) is 20.2. The summed E-state index contributed by atoms with van der Waals surface area (Å²) >= 11 is 0. The van der Waals surface area contributed by atoms with E-state index in [0.717, 1.165) is 24.8 Å². The smallest absolute Gasteiger partial charge is 0.243 e. The molecule has 0 bridgehead atoms. The molecule has 0 atom stereocenters. The number of anilines is 1. The van der Waals surface area contributed by atoms with Crippen LogP contribution in [-0.2, 0) is 27.7 Å². The Bertz CT molecular complexity index is 1260. The molecule has 2 heterocycles. The van der Waals surface area contributed by atoms with Crippen LogP contribution in [0.15, 0.2) is 45.7 Å². The fourth-order valence-electron chi connectivity index (χ4n) is 4.58. The van der Waals surface area contributed by atoms with Gasteiger partial charge in [-0.15, -0.1) is 0 Å². The molecule has 0 unspecified atom stereocenters. The summed E-state index contributed by atoms with van der Waals surface area (Å²) in [5.74, 6) is 0.269. The number of nitrogens with zero attached hydrogens (tertiary/aromatic N) is 2. The number of aryl methyl sites for hydroxylation is 3. The lowest BCUT2D eigenvalue weighted by molar-refractivity contribution is -0.120. The van der Waals surface area contributed by atoms with E-state index in [1.807, 2.05) is 12.1 Å². The monoisotopic (exact) mass is 439 g/mol. The highest BCUT2D eigenvalue weighted by Gasteiger charge is 2.32. The van der Waals surface area contributed by atoms with Gasteiger partial charge in [-0.25, -0.2) is 13.4 Å². The van der Waals surface area contributed by atoms with Gasteiger partial charge < -0.3 is 9.73 Å².